The molecule has 1 rings (SSSR count). The van der Waals surface area contributed by atoms with Crippen molar-refractivity contribution in [2.75, 3.05) is 27.3 Å². The van der Waals surface area contributed by atoms with Gasteiger partial charge in [0.05, 0.1) is 0 Å². The maximum Gasteiger partial charge on any atom is 0.0462 e. The van der Waals surface area contributed by atoms with Crippen molar-refractivity contribution in [3.05, 3.63) is 0 Å². The van der Waals surface area contributed by atoms with Crippen LogP contribution in [0.3, 0.4) is 0 Å². The van der Waals surface area contributed by atoms with Crippen LogP contribution in [0.15, 0.2) is 0 Å². The molecule has 2 heteroatoms. The van der Waals surface area contributed by atoms with Gasteiger partial charge in [0, 0.05) is 13.7 Å². The Morgan fingerprint density at radius 1 is 1.36 bits per heavy atom. The van der Waals surface area contributed by atoms with E-state index < -0.39 is 0 Å². The molecule has 0 spiro atoms. The van der Waals surface area contributed by atoms with Crippen molar-refractivity contribution in [3.8, 4) is 0 Å². The largest absolute Gasteiger partial charge is 0.385 e. The van der Waals surface area contributed by atoms with Crippen LogP contribution in [0.25, 0.3) is 0 Å². The fourth-order valence-corrected chi connectivity index (χ4v) is 2.69. The van der Waals surface area contributed by atoms with E-state index in [1.54, 1.807) is 7.11 Å². The molecular weight excluding hydrogens is 174 g/mol. The quantitative estimate of drug-likeness (QED) is 0.636. The van der Waals surface area contributed by atoms with Crippen LogP contribution in [0.5, 0.6) is 0 Å². The van der Waals surface area contributed by atoms with Gasteiger partial charge in [0.2, 0.25) is 0 Å². The van der Waals surface area contributed by atoms with Crippen molar-refractivity contribution in [3.63, 3.8) is 0 Å². The van der Waals surface area contributed by atoms with Crippen LogP contribution in [0.1, 0.15) is 38.5 Å². The lowest BCUT2D eigenvalue weighted by Gasteiger charge is -2.22. The third kappa shape index (κ3) is 3.97. The minimum absolute atomic E-state index is 0.887. The molecule has 1 aliphatic carbocycles. The van der Waals surface area contributed by atoms with Crippen LogP contribution in [0.4, 0.5) is 0 Å². The predicted molar refractivity (Wildman–Crippen MR) is 60.5 cm³/mol. The van der Waals surface area contributed by atoms with Gasteiger partial charge in [0.15, 0.2) is 0 Å². The third-order valence-corrected chi connectivity index (χ3v) is 3.46. The number of hydrogen-bond donors (Lipinski definition) is 1. The molecule has 1 aliphatic rings. The number of nitrogens with one attached hydrogen (secondary N) is 1. The SMILES string of the molecule is CNCC(CCCOC)C1CCCC1. The van der Waals surface area contributed by atoms with E-state index in [0.717, 1.165) is 18.4 Å². The Hall–Kier alpha value is -0.0800. The lowest BCUT2D eigenvalue weighted by molar-refractivity contribution is 0.178. The number of methoxy groups -OCH3 is 1. The lowest BCUT2D eigenvalue weighted by Crippen LogP contribution is -2.25. The summed E-state index contributed by atoms with van der Waals surface area (Å²) in [5, 5.41) is 3.33. The van der Waals surface area contributed by atoms with E-state index in [2.05, 4.69) is 12.4 Å². The normalized spacial score (nSPS) is 20.1. The summed E-state index contributed by atoms with van der Waals surface area (Å²) in [6.07, 6.45) is 8.38. The number of hydrogen-bond acceptors (Lipinski definition) is 2. The first-order chi connectivity index (χ1) is 6.88. The van der Waals surface area contributed by atoms with E-state index in [1.807, 2.05) is 0 Å². The fourth-order valence-electron chi connectivity index (χ4n) is 2.69. The minimum atomic E-state index is 0.887. The summed E-state index contributed by atoms with van der Waals surface area (Å²) in [6.45, 7) is 2.11. The number of rotatable bonds is 7. The third-order valence-electron chi connectivity index (χ3n) is 3.46. The second kappa shape index (κ2) is 7.24. The van der Waals surface area contributed by atoms with Gasteiger partial charge in [-0.3, -0.25) is 0 Å². The summed E-state index contributed by atoms with van der Waals surface area (Å²) in [5.74, 6) is 1.87. The molecular formula is C12H25NO. The topological polar surface area (TPSA) is 21.3 Å². The van der Waals surface area contributed by atoms with Crippen LogP contribution >= 0.6 is 0 Å². The van der Waals surface area contributed by atoms with E-state index in [4.69, 9.17) is 4.74 Å². The molecule has 0 aromatic heterocycles. The van der Waals surface area contributed by atoms with E-state index in [-0.39, 0.29) is 0 Å². The smallest absolute Gasteiger partial charge is 0.0462 e. The van der Waals surface area contributed by atoms with Gasteiger partial charge < -0.3 is 10.1 Å². The highest BCUT2D eigenvalue weighted by atomic mass is 16.5. The molecule has 1 fully saturated rings. The average molecular weight is 199 g/mol. The van der Waals surface area contributed by atoms with Crippen LogP contribution in [-0.4, -0.2) is 27.3 Å². The van der Waals surface area contributed by atoms with Gasteiger partial charge in [-0.25, -0.2) is 0 Å². The summed E-state index contributed by atoms with van der Waals surface area (Å²) in [4.78, 5) is 0. The van der Waals surface area contributed by atoms with Crippen LogP contribution in [0, 0.1) is 11.8 Å². The molecule has 0 radical (unpaired) electrons. The first-order valence-electron chi connectivity index (χ1n) is 6.02. The summed E-state index contributed by atoms with van der Waals surface area (Å²) in [6, 6.07) is 0. The van der Waals surface area contributed by atoms with Crippen molar-refractivity contribution >= 4 is 0 Å². The minimum Gasteiger partial charge on any atom is -0.385 e. The highest BCUT2D eigenvalue weighted by Gasteiger charge is 2.23. The summed E-state index contributed by atoms with van der Waals surface area (Å²) in [7, 11) is 3.86. The van der Waals surface area contributed by atoms with E-state index in [9.17, 15) is 0 Å². The zero-order valence-electron chi connectivity index (χ0n) is 9.72. The lowest BCUT2D eigenvalue weighted by atomic mass is 9.87. The first kappa shape index (κ1) is 12.0. The van der Waals surface area contributed by atoms with Crippen molar-refractivity contribution in [2.24, 2.45) is 11.8 Å². The molecule has 14 heavy (non-hydrogen) atoms. The Morgan fingerprint density at radius 3 is 2.64 bits per heavy atom. The molecule has 1 atom stereocenters. The van der Waals surface area contributed by atoms with E-state index >= 15 is 0 Å². The second-order valence-corrected chi connectivity index (χ2v) is 4.50. The molecule has 0 aromatic rings. The Morgan fingerprint density at radius 2 is 2.07 bits per heavy atom. The molecule has 0 heterocycles. The van der Waals surface area contributed by atoms with E-state index in [1.165, 1.54) is 45.1 Å². The number of ether oxygens (including phenoxy) is 1. The highest BCUT2D eigenvalue weighted by molar-refractivity contribution is 4.76. The molecule has 0 amide bonds. The Bertz CT molecular complexity index is 132. The van der Waals surface area contributed by atoms with Crippen LogP contribution in [-0.2, 0) is 4.74 Å². The summed E-state index contributed by atoms with van der Waals surface area (Å²) < 4.78 is 5.11. The molecule has 1 saturated carbocycles. The zero-order valence-corrected chi connectivity index (χ0v) is 9.72. The van der Waals surface area contributed by atoms with Gasteiger partial charge >= 0.3 is 0 Å². The molecule has 0 bridgehead atoms. The summed E-state index contributed by atoms with van der Waals surface area (Å²) in [5.41, 5.74) is 0. The van der Waals surface area contributed by atoms with Crippen molar-refractivity contribution in [2.45, 2.75) is 38.5 Å². The summed E-state index contributed by atoms with van der Waals surface area (Å²) >= 11 is 0. The average Bonchev–Trinajstić information content (AvgIpc) is 2.70. The van der Waals surface area contributed by atoms with Gasteiger partial charge in [-0.2, -0.15) is 0 Å². The van der Waals surface area contributed by atoms with Crippen LogP contribution < -0.4 is 5.32 Å². The zero-order chi connectivity index (χ0) is 10.2. The van der Waals surface area contributed by atoms with Crippen molar-refractivity contribution < 1.29 is 4.74 Å². The maximum absolute atomic E-state index is 5.11. The van der Waals surface area contributed by atoms with Crippen molar-refractivity contribution in [1.29, 1.82) is 0 Å². The molecule has 1 N–H and O–H groups in total. The standard InChI is InChI=1S/C12H25NO/c1-13-10-12(8-5-9-14-2)11-6-3-4-7-11/h11-13H,3-10H2,1-2H3. The maximum atomic E-state index is 5.11. The molecule has 2 nitrogen and oxygen atoms in total. The molecule has 0 aliphatic heterocycles. The second-order valence-electron chi connectivity index (χ2n) is 4.50. The van der Waals surface area contributed by atoms with Gasteiger partial charge in [0.1, 0.15) is 0 Å². The Kier molecular flexibility index (Phi) is 6.20. The predicted octanol–water partition coefficient (Wildman–Crippen LogP) is 2.44. The van der Waals surface area contributed by atoms with Crippen molar-refractivity contribution in [1.82, 2.24) is 5.32 Å². The molecule has 0 aromatic carbocycles. The Labute approximate surface area is 88.4 Å². The Balaban J connectivity index is 2.22. The fraction of sp³-hybridized carbons (Fsp3) is 1.00. The molecule has 84 valence electrons. The first-order valence-corrected chi connectivity index (χ1v) is 6.02. The van der Waals surface area contributed by atoms with Gasteiger partial charge in [-0.05, 0) is 38.3 Å². The van der Waals surface area contributed by atoms with Gasteiger partial charge in [-0.15, -0.1) is 0 Å². The van der Waals surface area contributed by atoms with Crippen LogP contribution in [0.2, 0.25) is 0 Å². The molecule has 1 unspecified atom stereocenters. The van der Waals surface area contributed by atoms with E-state index in [0.29, 0.717) is 0 Å². The highest BCUT2D eigenvalue weighted by Crippen LogP contribution is 2.33. The van der Waals surface area contributed by atoms with Gasteiger partial charge in [-0.1, -0.05) is 25.7 Å². The molecule has 0 saturated heterocycles. The monoisotopic (exact) mass is 199 g/mol. The van der Waals surface area contributed by atoms with Gasteiger partial charge in [0.25, 0.3) is 0 Å².